The van der Waals surface area contributed by atoms with E-state index in [1.807, 2.05) is 31.2 Å². The molecule has 7 heteroatoms. The quantitative estimate of drug-likeness (QED) is 0.276. The summed E-state index contributed by atoms with van der Waals surface area (Å²) >= 11 is 0. The molecule has 0 saturated heterocycles. The second kappa shape index (κ2) is 9.43. The average Bonchev–Trinajstić information content (AvgIpc) is 2.65. The number of hydrazine groups is 1. The molecule has 0 aliphatic rings. The molecular weight excluding hydrogens is 358 g/mol. The average molecular weight is 387 g/mol. The first-order chi connectivity index (χ1) is 13.3. The van der Waals surface area contributed by atoms with Gasteiger partial charge in [0.2, 0.25) is 0 Å². The molecule has 0 heterocycles. The smallest absolute Gasteiger partial charge is 0.306 e. The largest absolute Gasteiger partial charge is 0.494 e. The number of nitrogens with two attached hydrogens (primary N) is 2. The lowest BCUT2D eigenvalue weighted by molar-refractivity contribution is -0.143. The number of aryl methyl sites for hydroxylation is 1. The Hall–Kier alpha value is -2.77. The highest BCUT2D eigenvalue weighted by molar-refractivity contribution is 5.77. The molecule has 7 nitrogen and oxygen atoms in total. The summed E-state index contributed by atoms with van der Waals surface area (Å²) in [6.45, 7) is 3.94. The van der Waals surface area contributed by atoms with Crippen LogP contribution in [-0.4, -0.2) is 31.8 Å². The number of hydrogen-bond acceptors (Lipinski definition) is 7. The molecule has 28 heavy (non-hydrogen) atoms. The third kappa shape index (κ3) is 4.74. The van der Waals surface area contributed by atoms with Gasteiger partial charge in [-0.1, -0.05) is 18.2 Å². The van der Waals surface area contributed by atoms with Gasteiger partial charge >= 0.3 is 5.97 Å². The van der Waals surface area contributed by atoms with Crippen molar-refractivity contribution in [2.24, 2.45) is 5.84 Å². The summed E-state index contributed by atoms with van der Waals surface area (Å²) < 4.78 is 10.6. The number of nitrogens with zero attached hydrogens (tertiary/aromatic N) is 1. The summed E-state index contributed by atoms with van der Waals surface area (Å²) in [5, 5.41) is 11.0. The van der Waals surface area contributed by atoms with Crippen molar-refractivity contribution in [2.75, 3.05) is 31.5 Å². The van der Waals surface area contributed by atoms with Crippen LogP contribution in [0.25, 0.3) is 0 Å². The number of aliphatic hydroxyl groups is 1. The molecule has 0 spiro atoms. The van der Waals surface area contributed by atoms with E-state index in [1.54, 1.807) is 27.1 Å². The van der Waals surface area contributed by atoms with Crippen molar-refractivity contribution >= 4 is 17.3 Å². The highest BCUT2D eigenvalue weighted by Crippen LogP contribution is 2.39. The van der Waals surface area contributed by atoms with Crippen LogP contribution in [0.2, 0.25) is 0 Å². The van der Waals surface area contributed by atoms with Crippen LogP contribution in [0.4, 0.5) is 11.4 Å². The van der Waals surface area contributed by atoms with Gasteiger partial charge < -0.3 is 25.3 Å². The van der Waals surface area contributed by atoms with E-state index in [1.165, 1.54) is 5.01 Å². The molecule has 0 aliphatic carbocycles. The number of benzene rings is 2. The first kappa shape index (κ1) is 21.5. The van der Waals surface area contributed by atoms with Crippen LogP contribution in [0.1, 0.15) is 41.5 Å². The number of hydrogen-bond donors (Lipinski definition) is 3. The summed E-state index contributed by atoms with van der Waals surface area (Å²) in [5.41, 5.74) is 10.7. The maximum Gasteiger partial charge on any atom is 0.306 e. The zero-order chi connectivity index (χ0) is 20.8. The molecule has 0 bridgehead atoms. The summed E-state index contributed by atoms with van der Waals surface area (Å²) in [6.07, 6.45) is 0.141. The predicted molar refractivity (Wildman–Crippen MR) is 110 cm³/mol. The van der Waals surface area contributed by atoms with Gasteiger partial charge in [0.05, 0.1) is 32.4 Å². The Balaban J connectivity index is 2.59. The fourth-order valence-electron chi connectivity index (χ4n) is 3.28. The van der Waals surface area contributed by atoms with E-state index in [4.69, 9.17) is 21.1 Å². The van der Waals surface area contributed by atoms with Gasteiger partial charge in [-0.05, 0) is 48.2 Å². The van der Waals surface area contributed by atoms with Crippen LogP contribution in [-0.2, 0) is 16.1 Å². The minimum absolute atomic E-state index is 0.0752. The van der Waals surface area contributed by atoms with Gasteiger partial charge in [-0.3, -0.25) is 4.79 Å². The molecule has 2 rings (SSSR count). The highest BCUT2D eigenvalue weighted by Gasteiger charge is 2.23. The fraction of sp³-hybridized carbons (Fsp3) is 0.381. The van der Waals surface area contributed by atoms with E-state index in [0.717, 1.165) is 22.3 Å². The molecule has 2 aromatic rings. The topological polar surface area (TPSA) is 111 Å². The summed E-state index contributed by atoms with van der Waals surface area (Å²) in [4.78, 5) is 12.3. The van der Waals surface area contributed by atoms with Gasteiger partial charge in [-0.2, -0.15) is 0 Å². The number of aliphatic hydroxyl groups excluding tert-OH is 1. The molecular formula is C21H29N3O4. The number of ether oxygens (including phenoxy) is 2. The zero-order valence-electron chi connectivity index (χ0n) is 16.9. The van der Waals surface area contributed by atoms with Gasteiger partial charge in [-0.25, -0.2) is 5.84 Å². The standard InChI is InChI=1S/C21H29N3O4/c1-5-28-20(26)11-17(14-7-6-13(2)16(8-14)12-25)15-9-18(22)21(24(3)23)19(10-15)27-4/h6-10,17,25H,5,11-12,22-23H2,1-4H3. The van der Waals surface area contributed by atoms with Crippen molar-refractivity contribution in [1.29, 1.82) is 0 Å². The number of carbonyl (C=O) groups is 1. The SMILES string of the molecule is CCOC(=O)CC(c1ccc(C)c(CO)c1)c1cc(N)c(N(C)N)c(OC)c1. The van der Waals surface area contributed by atoms with Crippen LogP contribution in [0.5, 0.6) is 5.75 Å². The zero-order valence-corrected chi connectivity index (χ0v) is 16.9. The Kier molecular flexibility index (Phi) is 7.25. The molecule has 0 aromatic heterocycles. The van der Waals surface area contributed by atoms with Crippen LogP contribution in [0.15, 0.2) is 30.3 Å². The molecule has 5 N–H and O–H groups in total. The molecule has 0 amide bonds. The Labute approximate surface area is 165 Å². The Morgan fingerprint density at radius 3 is 2.54 bits per heavy atom. The van der Waals surface area contributed by atoms with Crippen LogP contribution >= 0.6 is 0 Å². The number of carbonyl (C=O) groups excluding carboxylic acids is 1. The number of methoxy groups -OCH3 is 1. The van der Waals surface area contributed by atoms with Gasteiger partial charge in [0, 0.05) is 13.0 Å². The Bertz CT molecular complexity index is 837. The monoisotopic (exact) mass is 387 g/mol. The molecule has 1 atom stereocenters. The van der Waals surface area contributed by atoms with Crippen LogP contribution in [0, 0.1) is 6.92 Å². The summed E-state index contributed by atoms with van der Waals surface area (Å²) in [7, 11) is 3.22. The first-order valence-electron chi connectivity index (χ1n) is 9.14. The molecule has 1 unspecified atom stereocenters. The predicted octanol–water partition coefficient (Wildman–Crippen LogP) is 2.47. The fourth-order valence-corrected chi connectivity index (χ4v) is 3.28. The molecule has 0 radical (unpaired) electrons. The van der Waals surface area contributed by atoms with Crippen molar-refractivity contribution in [3.63, 3.8) is 0 Å². The van der Waals surface area contributed by atoms with Gasteiger partial charge in [0.15, 0.2) is 0 Å². The van der Waals surface area contributed by atoms with Crippen LogP contribution in [0.3, 0.4) is 0 Å². The Morgan fingerprint density at radius 2 is 1.96 bits per heavy atom. The van der Waals surface area contributed by atoms with E-state index in [0.29, 0.717) is 23.7 Å². The maximum absolute atomic E-state index is 12.3. The van der Waals surface area contributed by atoms with Crippen molar-refractivity contribution in [2.45, 2.75) is 32.8 Å². The molecule has 152 valence electrons. The normalized spacial score (nSPS) is 11.8. The number of nitrogen functional groups attached to an aromatic ring is 1. The van der Waals surface area contributed by atoms with Crippen molar-refractivity contribution in [3.8, 4) is 5.75 Å². The number of esters is 1. The third-order valence-corrected chi connectivity index (χ3v) is 4.72. The second-order valence-electron chi connectivity index (χ2n) is 6.68. The number of anilines is 2. The highest BCUT2D eigenvalue weighted by atomic mass is 16.5. The van der Waals surface area contributed by atoms with E-state index < -0.39 is 0 Å². The molecule has 2 aromatic carbocycles. The second-order valence-corrected chi connectivity index (χ2v) is 6.68. The third-order valence-electron chi connectivity index (χ3n) is 4.72. The van der Waals surface area contributed by atoms with Crippen molar-refractivity contribution in [3.05, 3.63) is 52.6 Å². The molecule has 0 fully saturated rings. The van der Waals surface area contributed by atoms with Crippen molar-refractivity contribution < 1.29 is 19.4 Å². The van der Waals surface area contributed by atoms with Gasteiger partial charge in [0.1, 0.15) is 11.4 Å². The molecule has 0 saturated carbocycles. The van der Waals surface area contributed by atoms with E-state index >= 15 is 0 Å². The summed E-state index contributed by atoms with van der Waals surface area (Å²) in [6, 6.07) is 9.41. The first-order valence-corrected chi connectivity index (χ1v) is 9.14. The minimum atomic E-state index is -0.309. The van der Waals surface area contributed by atoms with Gasteiger partial charge in [0.25, 0.3) is 0 Å². The lowest BCUT2D eigenvalue weighted by Gasteiger charge is -2.23. The lowest BCUT2D eigenvalue weighted by atomic mass is 9.86. The van der Waals surface area contributed by atoms with Gasteiger partial charge in [-0.15, -0.1) is 0 Å². The minimum Gasteiger partial charge on any atom is -0.494 e. The van der Waals surface area contributed by atoms with Crippen LogP contribution < -0.4 is 21.3 Å². The van der Waals surface area contributed by atoms with E-state index in [9.17, 15) is 9.90 Å². The summed E-state index contributed by atoms with van der Waals surface area (Å²) in [5.74, 6) is 5.78. The van der Waals surface area contributed by atoms with E-state index in [2.05, 4.69) is 0 Å². The Morgan fingerprint density at radius 1 is 1.25 bits per heavy atom. The van der Waals surface area contributed by atoms with E-state index in [-0.39, 0.29) is 24.9 Å². The maximum atomic E-state index is 12.3. The lowest BCUT2D eigenvalue weighted by Crippen LogP contribution is -2.26. The number of rotatable bonds is 8. The van der Waals surface area contributed by atoms with Crippen molar-refractivity contribution in [1.82, 2.24) is 0 Å². The molecule has 0 aliphatic heterocycles.